The Hall–Kier alpha value is -2.28. The summed E-state index contributed by atoms with van der Waals surface area (Å²) in [4.78, 5) is 16.0. The van der Waals surface area contributed by atoms with Crippen molar-refractivity contribution < 1.29 is 9.53 Å². The van der Waals surface area contributed by atoms with Gasteiger partial charge in [-0.3, -0.25) is 0 Å². The number of rotatable bonds is 2. The SMILES string of the molecule is C#CCc1c(C)nc2c(C(=O)OC)cccn12. The van der Waals surface area contributed by atoms with Gasteiger partial charge >= 0.3 is 5.97 Å². The summed E-state index contributed by atoms with van der Waals surface area (Å²) in [7, 11) is 1.35. The van der Waals surface area contributed by atoms with Crippen molar-refractivity contribution in [1.82, 2.24) is 9.38 Å². The highest BCUT2D eigenvalue weighted by Crippen LogP contribution is 2.16. The fourth-order valence-electron chi connectivity index (χ4n) is 1.81. The average Bonchev–Trinajstić information content (AvgIpc) is 2.65. The van der Waals surface area contributed by atoms with Crippen LogP contribution < -0.4 is 0 Å². The Kier molecular flexibility index (Phi) is 2.84. The number of methoxy groups -OCH3 is 1. The lowest BCUT2D eigenvalue weighted by Crippen LogP contribution is -2.04. The first kappa shape index (κ1) is 11.2. The first-order chi connectivity index (χ1) is 8.19. The van der Waals surface area contributed by atoms with Crippen molar-refractivity contribution in [3.05, 3.63) is 35.3 Å². The predicted octanol–water partition coefficient (Wildman–Crippen LogP) is 1.61. The molecule has 0 unspecified atom stereocenters. The van der Waals surface area contributed by atoms with E-state index in [-0.39, 0.29) is 0 Å². The van der Waals surface area contributed by atoms with E-state index < -0.39 is 5.97 Å². The van der Waals surface area contributed by atoms with Gasteiger partial charge < -0.3 is 9.14 Å². The van der Waals surface area contributed by atoms with Gasteiger partial charge in [-0.25, -0.2) is 9.78 Å². The molecule has 2 rings (SSSR count). The number of ether oxygens (including phenoxy) is 1. The highest BCUT2D eigenvalue weighted by atomic mass is 16.5. The van der Waals surface area contributed by atoms with Gasteiger partial charge in [-0.15, -0.1) is 12.3 Å². The highest BCUT2D eigenvalue weighted by molar-refractivity contribution is 5.95. The molecule has 0 fully saturated rings. The molecule has 0 spiro atoms. The smallest absolute Gasteiger partial charge is 0.341 e. The second-order valence-corrected chi connectivity index (χ2v) is 3.63. The number of aryl methyl sites for hydroxylation is 1. The molecule has 0 amide bonds. The molecule has 4 nitrogen and oxygen atoms in total. The van der Waals surface area contributed by atoms with Crippen LogP contribution in [0.4, 0.5) is 0 Å². The number of pyridine rings is 1. The van der Waals surface area contributed by atoms with Gasteiger partial charge in [-0.1, -0.05) is 0 Å². The fraction of sp³-hybridized carbons (Fsp3) is 0.231. The highest BCUT2D eigenvalue weighted by Gasteiger charge is 2.15. The third-order valence-electron chi connectivity index (χ3n) is 2.62. The summed E-state index contributed by atoms with van der Waals surface area (Å²) in [5, 5.41) is 0. The molecule has 2 heterocycles. The van der Waals surface area contributed by atoms with Gasteiger partial charge in [-0.05, 0) is 19.1 Å². The van der Waals surface area contributed by atoms with Crippen molar-refractivity contribution in [2.45, 2.75) is 13.3 Å². The lowest BCUT2D eigenvalue weighted by molar-refractivity contribution is 0.0602. The van der Waals surface area contributed by atoms with Gasteiger partial charge in [0.2, 0.25) is 0 Å². The van der Waals surface area contributed by atoms with Gasteiger partial charge in [-0.2, -0.15) is 0 Å². The third-order valence-corrected chi connectivity index (χ3v) is 2.62. The van der Waals surface area contributed by atoms with Crippen molar-refractivity contribution in [3.63, 3.8) is 0 Å². The summed E-state index contributed by atoms with van der Waals surface area (Å²) in [5.74, 6) is 2.19. The van der Waals surface area contributed by atoms with Crippen LogP contribution in [0.5, 0.6) is 0 Å². The zero-order chi connectivity index (χ0) is 12.4. The number of hydrogen-bond donors (Lipinski definition) is 0. The number of terminal acetylenes is 1. The van der Waals surface area contributed by atoms with E-state index in [1.807, 2.05) is 17.5 Å². The van der Waals surface area contributed by atoms with Crippen LogP contribution in [-0.4, -0.2) is 22.5 Å². The number of carbonyl (C=O) groups excluding carboxylic acids is 1. The van der Waals surface area contributed by atoms with Crippen LogP contribution in [0.25, 0.3) is 5.65 Å². The van der Waals surface area contributed by atoms with E-state index in [2.05, 4.69) is 10.9 Å². The summed E-state index contributed by atoms with van der Waals surface area (Å²) >= 11 is 0. The molecular weight excluding hydrogens is 216 g/mol. The Morgan fingerprint density at radius 2 is 2.41 bits per heavy atom. The van der Waals surface area contributed by atoms with Crippen LogP contribution in [0, 0.1) is 19.3 Å². The van der Waals surface area contributed by atoms with Crippen molar-refractivity contribution >= 4 is 11.6 Å². The minimum atomic E-state index is -0.396. The van der Waals surface area contributed by atoms with E-state index >= 15 is 0 Å². The Balaban J connectivity index is 2.71. The predicted molar refractivity (Wildman–Crippen MR) is 63.8 cm³/mol. The van der Waals surface area contributed by atoms with Gasteiger partial charge in [0.25, 0.3) is 0 Å². The van der Waals surface area contributed by atoms with Crippen molar-refractivity contribution in [2.24, 2.45) is 0 Å². The molecule has 0 saturated carbocycles. The molecule has 0 aliphatic rings. The molecule has 4 heteroatoms. The molecule has 86 valence electrons. The molecular formula is C13H12N2O2. The molecule has 0 bridgehead atoms. The first-order valence-corrected chi connectivity index (χ1v) is 5.17. The molecule has 0 aromatic carbocycles. The summed E-state index contributed by atoms with van der Waals surface area (Å²) in [6.45, 7) is 1.88. The maximum absolute atomic E-state index is 11.6. The molecule has 17 heavy (non-hydrogen) atoms. The van der Waals surface area contributed by atoms with E-state index in [0.717, 1.165) is 11.4 Å². The zero-order valence-corrected chi connectivity index (χ0v) is 9.73. The molecule has 0 saturated heterocycles. The van der Waals surface area contributed by atoms with Crippen molar-refractivity contribution in [1.29, 1.82) is 0 Å². The Bertz CT molecular complexity index is 620. The molecule has 0 atom stereocenters. The fourth-order valence-corrected chi connectivity index (χ4v) is 1.81. The Morgan fingerprint density at radius 1 is 1.65 bits per heavy atom. The van der Waals surface area contributed by atoms with Crippen LogP contribution in [0.15, 0.2) is 18.3 Å². The van der Waals surface area contributed by atoms with E-state index in [4.69, 9.17) is 11.2 Å². The number of hydrogen-bond acceptors (Lipinski definition) is 3. The standard InChI is InChI=1S/C13H12N2O2/c1-4-6-11-9(2)14-12-10(13(16)17-3)7-5-8-15(11)12/h1,5,7-8H,6H2,2-3H3. The zero-order valence-electron chi connectivity index (χ0n) is 9.73. The Morgan fingerprint density at radius 3 is 3.06 bits per heavy atom. The first-order valence-electron chi connectivity index (χ1n) is 5.17. The van der Waals surface area contributed by atoms with Crippen LogP contribution in [0.2, 0.25) is 0 Å². The van der Waals surface area contributed by atoms with E-state index in [9.17, 15) is 4.79 Å². The molecule has 2 aromatic rings. The summed E-state index contributed by atoms with van der Waals surface area (Å²) in [6.07, 6.45) is 7.65. The minimum Gasteiger partial charge on any atom is -0.465 e. The lowest BCUT2D eigenvalue weighted by atomic mass is 10.2. The normalized spacial score (nSPS) is 10.2. The van der Waals surface area contributed by atoms with E-state index in [1.165, 1.54) is 7.11 Å². The van der Waals surface area contributed by atoms with Gasteiger partial charge in [0.1, 0.15) is 5.56 Å². The summed E-state index contributed by atoms with van der Waals surface area (Å²) < 4.78 is 6.56. The number of aromatic nitrogens is 2. The maximum atomic E-state index is 11.6. The van der Waals surface area contributed by atoms with Gasteiger partial charge in [0, 0.05) is 6.20 Å². The average molecular weight is 228 g/mol. The van der Waals surface area contributed by atoms with Crippen LogP contribution in [0.1, 0.15) is 21.7 Å². The van der Waals surface area contributed by atoms with Crippen LogP contribution in [0.3, 0.4) is 0 Å². The van der Waals surface area contributed by atoms with E-state index in [1.54, 1.807) is 12.1 Å². The minimum absolute atomic E-state index is 0.396. The number of esters is 1. The van der Waals surface area contributed by atoms with Crippen molar-refractivity contribution in [3.8, 4) is 12.3 Å². The van der Waals surface area contributed by atoms with Crippen LogP contribution in [-0.2, 0) is 11.2 Å². The maximum Gasteiger partial charge on any atom is 0.341 e. The number of imidazole rings is 1. The summed E-state index contributed by atoms with van der Waals surface area (Å²) in [5.41, 5.74) is 2.79. The molecule has 0 N–H and O–H groups in total. The second kappa shape index (κ2) is 4.30. The van der Waals surface area contributed by atoms with Gasteiger partial charge in [0.15, 0.2) is 5.65 Å². The van der Waals surface area contributed by atoms with Crippen molar-refractivity contribution in [2.75, 3.05) is 7.11 Å². The number of fused-ring (bicyclic) bond motifs is 1. The molecule has 0 radical (unpaired) electrons. The van der Waals surface area contributed by atoms with Crippen LogP contribution >= 0.6 is 0 Å². The summed E-state index contributed by atoms with van der Waals surface area (Å²) in [6, 6.07) is 3.47. The largest absolute Gasteiger partial charge is 0.465 e. The molecule has 0 aliphatic carbocycles. The number of nitrogens with zero attached hydrogens (tertiary/aromatic N) is 2. The third kappa shape index (κ3) is 1.76. The monoisotopic (exact) mass is 228 g/mol. The van der Waals surface area contributed by atoms with E-state index in [0.29, 0.717) is 17.6 Å². The lowest BCUT2D eigenvalue weighted by Gasteiger charge is -2.02. The topological polar surface area (TPSA) is 43.6 Å². The quantitative estimate of drug-likeness (QED) is 0.579. The number of carbonyl (C=O) groups is 1. The van der Waals surface area contributed by atoms with Gasteiger partial charge in [0.05, 0.1) is 24.9 Å². The molecule has 0 aliphatic heterocycles. The molecule has 2 aromatic heterocycles. The Labute approximate surface area is 99.2 Å². The second-order valence-electron chi connectivity index (χ2n) is 3.63.